The summed E-state index contributed by atoms with van der Waals surface area (Å²) in [6.07, 6.45) is 3.02. The summed E-state index contributed by atoms with van der Waals surface area (Å²) in [6, 6.07) is 0. The van der Waals surface area contributed by atoms with Crippen molar-refractivity contribution < 1.29 is 28.2 Å². The average Bonchev–Trinajstić information content (AvgIpc) is 3.21. The number of nitrogens with zero attached hydrogens (tertiary/aromatic N) is 3. The number of aliphatic hydroxyl groups is 1. The number of fused-ring (bicyclic) bond motifs is 1. The number of anilines is 1. The lowest BCUT2D eigenvalue weighted by molar-refractivity contribution is -0.151. The summed E-state index contributed by atoms with van der Waals surface area (Å²) in [5.41, 5.74) is 5.19. The number of nitrogen functional groups attached to an aromatic ring is 1. The number of nitrogens with two attached hydrogens (primary N) is 1. The van der Waals surface area contributed by atoms with E-state index in [2.05, 4.69) is 20.9 Å². The molecule has 0 amide bonds. The molecule has 0 spiro atoms. The first-order valence-corrected chi connectivity index (χ1v) is 10.6. The molecule has 3 rings (SSSR count). The summed E-state index contributed by atoms with van der Waals surface area (Å²) in [4.78, 5) is 22.3. The fourth-order valence-electron chi connectivity index (χ4n) is 2.99. The van der Waals surface area contributed by atoms with E-state index in [1.54, 1.807) is 13.8 Å². The third-order valence-corrected chi connectivity index (χ3v) is 5.96. The van der Waals surface area contributed by atoms with Crippen molar-refractivity contribution in [1.82, 2.24) is 19.5 Å². The normalized spacial score (nSPS) is 24.8. The number of imidazole rings is 1. The molecule has 0 aromatic carbocycles. The Bertz CT molecular complexity index is 1010. The minimum Gasteiger partial charge on any atom is -0.387 e. The zero-order chi connectivity index (χ0) is 21.2. The molecule has 0 radical (unpaired) electrons. The number of aromatic nitrogens is 4. The highest BCUT2D eigenvalue weighted by Crippen LogP contribution is 2.49. The molecule has 4 unspecified atom stereocenters. The second-order valence-electron chi connectivity index (χ2n) is 6.10. The number of hydrogen-bond acceptors (Lipinski definition) is 10. The van der Waals surface area contributed by atoms with Crippen molar-refractivity contribution in [2.45, 2.75) is 32.5 Å². The molecule has 0 aliphatic carbocycles. The lowest BCUT2D eigenvalue weighted by Crippen LogP contribution is -2.27. The molecule has 1 saturated heterocycles. The van der Waals surface area contributed by atoms with Gasteiger partial charge in [0, 0.05) is 0 Å². The quantitative estimate of drug-likeness (QED) is 0.397. The van der Waals surface area contributed by atoms with E-state index in [0.29, 0.717) is 0 Å². The van der Waals surface area contributed by atoms with Crippen molar-refractivity contribution in [1.29, 1.82) is 0 Å². The van der Waals surface area contributed by atoms with Crippen LogP contribution in [0.15, 0.2) is 11.1 Å². The molecule has 1 aliphatic rings. The van der Waals surface area contributed by atoms with E-state index < -0.39 is 44.0 Å². The highest BCUT2D eigenvalue weighted by atomic mass is 31.2. The fraction of sp³-hybridized carbons (Fsp3) is 0.562. The Morgan fingerprint density at radius 1 is 1.45 bits per heavy atom. The number of hydrogen-bond donors (Lipinski definition) is 3. The molecule has 0 bridgehead atoms. The molecule has 2 aromatic rings. The summed E-state index contributed by atoms with van der Waals surface area (Å²) in [5, 5.41) is 10.7. The van der Waals surface area contributed by atoms with Gasteiger partial charge in [-0.25, -0.2) is 4.98 Å². The monoisotopic (exact) mass is 427 g/mol. The largest absolute Gasteiger partial charge is 0.387 e. The fourth-order valence-corrected chi connectivity index (χ4v) is 4.33. The van der Waals surface area contributed by atoms with Gasteiger partial charge in [-0.2, -0.15) is 4.98 Å². The van der Waals surface area contributed by atoms with Gasteiger partial charge in [0.05, 0.1) is 19.5 Å². The molecule has 0 saturated carbocycles. The predicted octanol–water partition coefficient (Wildman–Crippen LogP) is 0.407. The van der Waals surface area contributed by atoms with E-state index in [9.17, 15) is 14.5 Å². The van der Waals surface area contributed by atoms with Crippen molar-refractivity contribution in [3.63, 3.8) is 0 Å². The molecule has 1 fully saturated rings. The van der Waals surface area contributed by atoms with Crippen LogP contribution < -0.4 is 11.3 Å². The highest BCUT2D eigenvalue weighted by Gasteiger charge is 2.46. The van der Waals surface area contributed by atoms with Crippen molar-refractivity contribution in [2.75, 3.05) is 25.3 Å². The topological polar surface area (TPSA) is 164 Å². The summed E-state index contributed by atoms with van der Waals surface area (Å²) in [5.74, 6) is 1.40. The lowest BCUT2D eigenvalue weighted by atomic mass is 10.0. The first-order chi connectivity index (χ1) is 13.8. The predicted molar refractivity (Wildman–Crippen MR) is 102 cm³/mol. The van der Waals surface area contributed by atoms with E-state index in [1.807, 2.05) is 0 Å². The van der Waals surface area contributed by atoms with Crippen LogP contribution in [0.2, 0.25) is 0 Å². The third kappa shape index (κ3) is 4.20. The molecule has 4 N–H and O–H groups in total. The van der Waals surface area contributed by atoms with Gasteiger partial charge in [0.1, 0.15) is 12.0 Å². The molecule has 3 heterocycles. The molecule has 13 heteroatoms. The van der Waals surface area contributed by atoms with Crippen LogP contribution in [0.3, 0.4) is 0 Å². The second kappa shape index (κ2) is 8.62. The zero-order valence-corrected chi connectivity index (χ0v) is 16.7. The first-order valence-electron chi connectivity index (χ1n) is 8.85. The number of aliphatic hydroxyl groups excluding tert-OH is 1. The number of aromatic amines is 1. The Morgan fingerprint density at radius 2 is 2.14 bits per heavy atom. The number of rotatable bonds is 8. The van der Waals surface area contributed by atoms with E-state index in [1.165, 1.54) is 10.9 Å². The number of terminal acetylenes is 1. The molecule has 12 nitrogen and oxygen atoms in total. The Hall–Kier alpha value is -2.26. The van der Waals surface area contributed by atoms with Gasteiger partial charge in [0.15, 0.2) is 30.0 Å². The minimum atomic E-state index is -3.51. The van der Waals surface area contributed by atoms with Crippen LogP contribution in [0.25, 0.3) is 11.2 Å². The molecule has 158 valence electrons. The lowest BCUT2D eigenvalue weighted by Gasteiger charge is -2.21. The van der Waals surface area contributed by atoms with Gasteiger partial charge in [0.25, 0.3) is 5.56 Å². The highest BCUT2D eigenvalue weighted by molar-refractivity contribution is 7.53. The Morgan fingerprint density at radius 3 is 2.76 bits per heavy atom. The summed E-state index contributed by atoms with van der Waals surface area (Å²) < 4.78 is 35.6. The molecular formula is C16H22N5O7P. The maximum absolute atomic E-state index is 12.6. The van der Waals surface area contributed by atoms with Gasteiger partial charge in [-0.15, -0.1) is 6.42 Å². The van der Waals surface area contributed by atoms with Crippen LogP contribution in [-0.2, 0) is 23.1 Å². The van der Waals surface area contributed by atoms with Gasteiger partial charge >= 0.3 is 7.60 Å². The zero-order valence-electron chi connectivity index (χ0n) is 15.8. The number of ether oxygens (including phenoxy) is 2. The SMILES string of the molecule is C#CC1C(OCP(=O)(OCC)OCC)OC(n2cnc3c(=O)[nH]c(N)nc32)C1O. The third-order valence-electron chi connectivity index (χ3n) is 4.19. The van der Waals surface area contributed by atoms with Crippen molar-refractivity contribution >= 4 is 24.7 Å². The van der Waals surface area contributed by atoms with Crippen molar-refractivity contribution in [3.05, 3.63) is 16.7 Å². The van der Waals surface area contributed by atoms with Crippen molar-refractivity contribution in [3.8, 4) is 12.3 Å². The molecule has 4 atom stereocenters. The van der Waals surface area contributed by atoms with E-state index >= 15 is 0 Å². The van der Waals surface area contributed by atoms with Crippen LogP contribution in [0.5, 0.6) is 0 Å². The second-order valence-corrected chi connectivity index (χ2v) is 8.09. The van der Waals surface area contributed by atoms with E-state index in [-0.39, 0.29) is 30.3 Å². The van der Waals surface area contributed by atoms with Crippen LogP contribution in [0, 0.1) is 18.3 Å². The maximum atomic E-state index is 12.6. The van der Waals surface area contributed by atoms with Crippen molar-refractivity contribution in [2.24, 2.45) is 5.92 Å². The molecular weight excluding hydrogens is 405 g/mol. The Balaban J connectivity index is 1.85. The standard InChI is InChI=1S/C16H22N5O7P/c1-4-9-11(22)14(21-7-18-10-12(21)19-16(17)20-13(10)23)28-15(9)25-8-29(24,26-5-2)27-6-3/h1,7,9,11,14-15,22H,5-6,8H2,2-3H3,(H3,17,19,20,23). The average molecular weight is 427 g/mol. The number of H-pyrrole nitrogens is 1. The van der Waals surface area contributed by atoms with Gasteiger partial charge in [0.2, 0.25) is 5.95 Å². The first kappa shape index (κ1) is 21.4. The van der Waals surface area contributed by atoms with E-state index in [0.717, 1.165) is 0 Å². The van der Waals surface area contributed by atoms with Gasteiger partial charge < -0.3 is 29.4 Å². The van der Waals surface area contributed by atoms with Crippen LogP contribution in [0.1, 0.15) is 20.1 Å². The minimum absolute atomic E-state index is 0.0221. The Kier molecular flexibility index (Phi) is 6.38. The van der Waals surface area contributed by atoms with Crippen LogP contribution in [-0.4, -0.2) is 56.6 Å². The van der Waals surface area contributed by atoms with Crippen LogP contribution in [0.4, 0.5) is 5.95 Å². The summed E-state index contributed by atoms with van der Waals surface area (Å²) >= 11 is 0. The van der Waals surface area contributed by atoms with Gasteiger partial charge in [-0.3, -0.25) is 18.9 Å². The van der Waals surface area contributed by atoms with E-state index in [4.69, 9.17) is 30.7 Å². The molecule has 1 aliphatic heterocycles. The van der Waals surface area contributed by atoms with Gasteiger partial charge in [-0.05, 0) is 13.8 Å². The van der Waals surface area contributed by atoms with Gasteiger partial charge in [-0.1, -0.05) is 5.92 Å². The summed E-state index contributed by atoms with van der Waals surface area (Å²) in [7, 11) is -3.51. The smallest absolute Gasteiger partial charge is 0.356 e. The van der Waals surface area contributed by atoms with Crippen LogP contribution >= 0.6 is 7.60 Å². The molecule has 29 heavy (non-hydrogen) atoms. The summed E-state index contributed by atoms with van der Waals surface area (Å²) in [6.45, 7) is 3.68. The number of nitrogens with one attached hydrogen (secondary N) is 1. The molecule has 2 aromatic heterocycles. The maximum Gasteiger partial charge on any atom is 0.356 e. The Labute approximate surface area is 165 Å².